The highest BCUT2D eigenvalue weighted by molar-refractivity contribution is 5.66. The molecule has 2 aliphatic rings. The summed E-state index contributed by atoms with van der Waals surface area (Å²) in [7, 11) is 0. The number of nitrogens with one attached hydrogen (secondary N) is 1. The smallest absolute Gasteiger partial charge is 0.151 e. The van der Waals surface area contributed by atoms with Crippen molar-refractivity contribution in [1.82, 2.24) is 4.98 Å². The van der Waals surface area contributed by atoms with Gasteiger partial charge < -0.3 is 10.2 Å². The Bertz CT molecular complexity index is 430. The minimum Gasteiger partial charge on any atom is -0.379 e. The normalized spacial score (nSPS) is 30.5. The molecule has 0 bridgehead atoms. The van der Waals surface area contributed by atoms with Crippen LogP contribution < -0.4 is 10.2 Å². The molecule has 0 radical (unpaired) electrons. The number of hydrogen-bond donors (Lipinski definition) is 1. The highest BCUT2D eigenvalue weighted by Gasteiger charge is 2.25. The Kier molecular flexibility index (Phi) is 4.13. The Morgan fingerprint density at radius 1 is 1.10 bits per heavy atom. The lowest BCUT2D eigenvalue weighted by atomic mass is 9.80. The summed E-state index contributed by atoms with van der Waals surface area (Å²) in [6.45, 7) is 7.08. The van der Waals surface area contributed by atoms with E-state index in [-0.39, 0.29) is 0 Å². The van der Waals surface area contributed by atoms with Crippen LogP contribution in [0.1, 0.15) is 46.0 Å². The van der Waals surface area contributed by atoms with Gasteiger partial charge in [0.15, 0.2) is 5.82 Å². The maximum Gasteiger partial charge on any atom is 0.151 e. The number of aromatic nitrogens is 1. The molecule has 1 aromatic rings. The molecule has 1 aliphatic carbocycles. The monoisotopic (exact) mass is 273 g/mol. The first-order valence-electron chi connectivity index (χ1n) is 8.19. The fraction of sp³-hybridized carbons (Fsp3) is 0.706. The zero-order chi connectivity index (χ0) is 13.9. The number of anilines is 2. The molecule has 1 saturated carbocycles. The number of rotatable bonds is 3. The number of hydrogen-bond acceptors (Lipinski definition) is 3. The van der Waals surface area contributed by atoms with Crippen LogP contribution >= 0.6 is 0 Å². The molecule has 1 N–H and O–H groups in total. The largest absolute Gasteiger partial charge is 0.379 e. The van der Waals surface area contributed by atoms with Gasteiger partial charge in [0.25, 0.3) is 0 Å². The van der Waals surface area contributed by atoms with Gasteiger partial charge in [-0.25, -0.2) is 4.98 Å². The third-order valence-electron chi connectivity index (χ3n) is 4.73. The lowest BCUT2D eigenvalue weighted by Gasteiger charge is -2.33. The van der Waals surface area contributed by atoms with Gasteiger partial charge in [-0.2, -0.15) is 0 Å². The van der Waals surface area contributed by atoms with Crippen molar-refractivity contribution in [2.75, 3.05) is 23.3 Å². The molecule has 0 aromatic carbocycles. The fourth-order valence-corrected chi connectivity index (χ4v) is 3.98. The predicted octanol–water partition coefficient (Wildman–Crippen LogP) is 3.92. The van der Waals surface area contributed by atoms with Crippen LogP contribution in [0.2, 0.25) is 0 Å². The van der Waals surface area contributed by atoms with Crippen LogP contribution in [0.25, 0.3) is 0 Å². The van der Waals surface area contributed by atoms with Crippen LogP contribution in [-0.2, 0) is 0 Å². The molecule has 0 amide bonds. The highest BCUT2D eigenvalue weighted by atomic mass is 15.2. The second-order valence-corrected chi connectivity index (χ2v) is 6.83. The van der Waals surface area contributed by atoms with Crippen molar-refractivity contribution in [3.05, 3.63) is 18.3 Å². The predicted molar refractivity (Wildman–Crippen MR) is 85.3 cm³/mol. The quantitative estimate of drug-likeness (QED) is 0.904. The van der Waals surface area contributed by atoms with Gasteiger partial charge in [0, 0.05) is 25.3 Å². The summed E-state index contributed by atoms with van der Waals surface area (Å²) in [6, 6.07) is 4.86. The topological polar surface area (TPSA) is 28.2 Å². The summed E-state index contributed by atoms with van der Waals surface area (Å²) in [4.78, 5) is 7.06. The van der Waals surface area contributed by atoms with Crippen LogP contribution in [0.15, 0.2) is 18.3 Å². The molecule has 3 heteroatoms. The van der Waals surface area contributed by atoms with Crippen LogP contribution in [0.5, 0.6) is 0 Å². The van der Waals surface area contributed by atoms with E-state index in [2.05, 4.69) is 41.2 Å². The molecule has 3 rings (SSSR count). The standard InChI is InChI=1S/C17H27N3/c1-13-10-14(2)12-15(11-13)19-16-6-5-7-18-17(16)20-8-3-4-9-20/h5-7,13-15,19H,3-4,8-12H2,1-2H3. The fourth-order valence-electron chi connectivity index (χ4n) is 3.98. The first-order valence-corrected chi connectivity index (χ1v) is 8.19. The van der Waals surface area contributed by atoms with Crippen molar-refractivity contribution in [3.63, 3.8) is 0 Å². The molecule has 2 heterocycles. The second-order valence-electron chi connectivity index (χ2n) is 6.83. The van der Waals surface area contributed by atoms with Gasteiger partial charge in [-0.3, -0.25) is 0 Å². The molecule has 2 atom stereocenters. The summed E-state index contributed by atoms with van der Waals surface area (Å²) in [5, 5.41) is 3.78. The maximum atomic E-state index is 4.63. The third kappa shape index (κ3) is 3.08. The van der Waals surface area contributed by atoms with E-state index < -0.39 is 0 Å². The zero-order valence-corrected chi connectivity index (χ0v) is 12.8. The van der Waals surface area contributed by atoms with Crippen LogP contribution in [0.3, 0.4) is 0 Å². The SMILES string of the molecule is CC1CC(C)CC(Nc2cccnc2N2CCCC2)C1. The van der Waals surface area contributed by atoms with Gasteiger partial charge in [-0.1, -0.05) is 13.8 Å². The molecule has 20 heavy (non-hydrogen) atoms. The Hall–Kier alpha value is -1.25. The molecule has 1 aromatic heterocycles. The molecule has 110 valence electrons. The van der Waals surface area contributed by atoms with Gasteiger partial charge in [0.05, 0.1) is 5.69 Å². The van der Waals surface area contributed by atoms with Crippen molar-refractivity contribution in [2.45, 2.75) is 52.0 Å². The van der Waals surface area contributed by atoms with Crippen LogP contribution in [0.4, 0.5) is 11.5 Å². The van der Waals surface area contributed by atoms with Crippen molar-refractivity contribution in [3.8, 4) is 0 Å². The molecule has 2 unspecified atom stereocenters. The van der Waals surface area contributed by atoms with E-state index in [1.807, 2.05) is 6.20 Å². The Balaban J connectivity index is 1.73. The van der Waals surface area contributed by atoms with Crippen molar-refractivity contribution in [2.24, 2.45) is 11.8 Å². The minimum atomic E-state index is 0.610. The minimum absolute atomic E-state index is 0.610. The van der Waals surface area contributed by atoms with Crippen molar-refractivity contribution < 1.29 is 0 Å². The lowest BCUT2D eigenvalue weighted by Crippen LogP contribution is -2.31. The van der Waals surface area contributed by atoms with Gasteiger partial charge in [0.1, 0.15) is 0 Å². The lowest BCUT2D eigenvalue weighted by molar-refractivity contribution is 0.281. The maximum absolute atomic E-state index is 4.63. The Labute approximate surface area is 122 Å². The van der Waals surface area contributed by atoms with Gasteiger partial charge in [-0.15, -0.1) is 0 Å². The molecular weight excluding hydrogens is 246 g/mol. The van der Waals surface area contributed by atoms with E-state index in [9.17, 15) is 0 Å². The summed E-state index contributed by atoms with van der Waals surface area (Å²) >= 11 is 0. The first-order chi connectivity index (χ1) is 9.72. The van der Waals surface area contributed by atoms with Gasteiger partial charge in [0.2, 0.25) is 0 Å². The van der Waals surface area contributed by atoms with E-state index in [0.29, 0.717) is 6.04 Å². The number of nitrogens with zero attached hydrogens (tertiary/aromatic N) is 2. The molecule has 1 aliphatic heterocycles. The molecule has 1 saturated heterocycles. The summed E-state index contributed by atoms with van der Waals surface area (Å²) in [5.74, 6) is 2.84. The van der Waals surface area contributed by atoms with Crippen LogP contribution in [0, 0.1) is 11.8 Å². The number of pyridine rings is 1. The molecule has 0 spiro atoms. The van der Waals surface area contributed by atoms with Crippen molar-refractivity contribution >= 4 is 11.5 Å². The average Bonchev–Trinajstić information content (AvgIpc) is 2.92. The van der Waals surface area contributed by atoms with E-state index in [1.165, 1.54) is 37.8 Å². The summed E-state index contributed by atoms with van der Waals surface area (Å²) in [6.07, 6.45) is 8.48. The third-order valence-corrected chi connectivity index (χ3v) is 4.73. The average molecular weight is 273 g/mol. The highest BCUT2D eigenvalue weighted by Crippen LogP contribution is 2.33. The Morgan fingerprint density at radius 3 is 2.50 bits per heavy atom. The molecule has 3 nitrogen and oxygen atoms in total. The van der Waals surface area contributed by atoms with E-state index in [1.54, 1.807) is 0 Å². The summed E-state index contributed by atoms with van der Waals surface area (Å²) < 4.78 is 0. The van der Waals surface area contributed by atoms with E-state index in [4.69, 9.17) is 0 Å². The van der Waals surface area contributed by atoms with E-state index in [0.717, 1.165) is 30.7 Å². The van der Waals surface area contributed by atoms with Gasteiger partial charge >= 0.3 is 0 Å². The van der Waals surface area contributed by atoms with Crippen LogP contribution in [-0.4, -0.2) is 24.1 Å². The first kappa shape index (κ1) is 13.7. The summed E-state index contributed by atoms with van der Waals surface area (Å²) in [5.41, 5.74) is 1.24. The molecule has 2 fully saturated rings. The Morgan fingerprint density at radius 2 is 1.80 bits per heavy atom. The molecular formula is C17H27N3. The zero-order valence-electron chi connectivity index (χ0n) is 12.8. The van der Waals surface area contributed by atoms with Gasteiger partial charge in [-0.05, 0) is 56.1 Å². The second kappa shape index (κ2) is 6.02. The van der Waals surface area contributed by atoms with Crippen molar-refractivity contribution in [1.29, 1.82) is 0 Å². The van der Waals surface area contributed by atoms with E-state index >= 15 is 0 Å².